The molecule has 2 heteroatoms. The SMILES string of the molecule is CCN1C=CN(C)/C1=C(\Cc1ccc(C)cc1)c1ccc(C)cc1. The zero-order chi connectivity index (χ0) is 17.1. The van der Waals surface area contributed by atoms with Crippen molar-refractivity contribution in [3.63, 3.8) is 0 Å². The van der Waals surface area contributed by atoms with Crippen LogP contribution < -0.4 is 0 Å². The minimum Gasteiger partial charge on any atom is -0.336 e. The molecular formula is C22H26N2. The fourth-order valence-electron chi connectivity index (χ4n) is 3.14. The van der Waals surface area contributed by atoms with E-state index in [9.17, 15) is 0 Å². The lowest BCUT2D eigenvalue weighted by molar-refractivity contribution is 0.409. The number of benzene rings is 2. The molecule has 0 aromatic heterocycles. The Kier molecular flexibility index (Phi) is 4.75. The summed E-state index contributed by atoms with van der Waals surface area (Å²) in [7, 11) is 2.13. The number of rotatable bonds is 4. The maximum atomic E-state index is 2.32. The number of nitrogens with zero attached hydrogens (tertiary/aromatic N) is 2. The van der Waals surface area contributed by atoms with Gasteiger partial charge in [-0.15, -0.1) is 0 Å². The molecule has 1 aliphatic heterocycles. The Hall–Kier alpha value is -2.48. The molecule has 0 atom stereocenters. The zero-order valence-corrected chi connectivity index (χ0v) is 15.1. The Morgan fingerprint density at radius 3 is 2.00 bits per heavy atom. The smallest absolute Gasteiger partial charge is 0.116 e. The Bertz CT molecular complexity index is 752. The second-order valence-corrected chi connectivity index (χ2v) is 6.53. The summed E-state index contributed by atoms with van der Waals surface area (Å²) in [6, 6.07) is 17.7. The van der Waals surface area contributed by atoms with Crippen molar-refractivity contribution < 1.29 is 0 Å². The van der Waals surface area contributed by atoms with Gasteiger partial charge in [0.2, 0.25) is 0 Å². The predicted molar refractivity (Wildman–Crippen MR) is 102 cm³/mol. The highest BCUT2D eigenvalue weighted by molar-refractivity contribution is 5.71. The van der Waals surface area contributed by atoms with Crippen LogP contribution in [0, 0.1) is 13.8 Å². The zero-order valence-electron chi connectivity index (χ0n) is 15.1. The molecule has 0 saturated carbocycles. The van der Waals surface area contributed by atoms with Crippen LogP contribution in [-0.2, 0) is 6.42 Å². The van der Waals surface area contributed by atoms with Gasteiger partial charge < -0.3 is 9.80 Å². The van der Waals surface area contributed by atoms with E-state index in [1.165, 1.54) is 33.6 Å². The molecule has 0 unspecified atom stereocenters. The average molecular weight is 318 g/mol. The van der Waals surface area contributed by atoms with Crippen molar-refractivity contribution in [3.05, 3.63) is 89.0 Å². The van der Waals surface area contributed by atoms with E-state index in [2.05, 4.69) is 98.5 Å². The number of aryl methyl sites for hydroxylation is 2. The van der Waals surface area contributed by atoms with Gasteiger partial charge in [-0.1, -0.05) is 59.7 Å². The monoisotopic (exact) mass is 318 g/mol. The van der Waals surface area contributed by atoms with Crippen LogP contribution in [0.5, 0.6) is 0 Å². The quantitative estimate of drug-likeness (QED) is 0.786. The Balaban J connectivity index is 2.07. The average Bonchev–Trinajstić information content (AvgIpc) is 2.96. The first-order valence-corrected chi connectivity index (χ1v) is 8.62. The lowest BCUT2D eigenvalue weighted by atomic mass is 9.96. The number of hydrogen-bond acceptors (Lipinski definition) is 2. The van der Waals surface area contributed by atoms with Gasteiger partial charge in [0.1, 0.15) is 5.82 Å². The molecule has 24 heavy (non-hydrogen) atoms. The number of hydrogen-bond donors (Lipinski definition) is 0. The highest BCUT2D eigenvalue weighted by atomic mass is 15.3. The van der Waals surface area contributed by atoms with Crippen LogP contribution in [0.15, 0.2) is 66.8 Å². The van der Waals surface area contributed by atoms with E-state index >= 15 is 0 Å². The van der Waals surface area contributed by atoms with Crippen LogP contribution >= 0.6 is 0 Å². The summed E-state index contributed by atoms with van der Waals surface area (Å²) in [6.45, 7) is 7.44. The van der Waals surface area contributed by atoms with Crippen molar-refractivity contribution in [2.24, 2.45) is 0 Å². The largest absolute Gasteiger partial charge is 0.336 e. The molecule has 1 heterocycles. The van der Waals surface area contributed by atoms with E-state index < -0.39 is 0 Å². The molecule has 0 spiro atoms. The van der Waals surface area contributed by atoms with E-state index in [-0.39, 0.29) is 0 Å². The molecule has 0 fully saturated rings. The number of allylic oxidation sites excluding steroid dienone is 1. The van der Waals surface area contributed by atoms with Crippen LogP contribution in [-0.4, -0.2) is 23.4 Å². The first kappa shape index (κ1) is 16.4. The summed E-state index contributed by atoms with van der Waals surface area (Å²) < 4.78 is 0. The van der Waals surface area contributed by atoms with Crippen molar-refractivity contribution in [2.45, 2.75) is 27.2 Å². The standard InChI is InChI=1S/C22H26N2/c1-5-24-15-14-23(4)22(24)21(20-12-8-18(3)9-13-20)16-19-10-6-17(2)7-11-19/h6-15H,5,16H2,1-4H3/b22-21-. The highest BCUT2D eigenvalue weighted by Crippen LogP contribution is 2.30. The molecule has 3 rings (SSSR count). The van der Waals surface area contributed by atoms with Gasteiger partial charge in [-0.25, -0.2) is 0 Å². The van der Waals surface area contributed by atoms with Crippen LogP contribution in [0.1, 0.15) is 29.2 Å². The highest BCUT2D eigenvalue weighted by Gasteiger charge is 2.21. The summed E-state index contributed by atoms with van der Waals surface area (Å²) in [5, 5.41) is 0. The summed E-state index contributed by atoms with van der Waals surface area (Å²) in [6.07, 6.45) is 5.24. The second kappa shape index (κ2) is 6.96. The molecule has 2 aromatic rings. The Labute approximate surface area is 145 Å². The van der Waals surface area contributed by atoms with Crippen molar-refractivity contribution in [1.29, 1.82) is 0 Å². The second-order valence-electron chi connectivity index (χ2n) is 6.53. The van der Waals surface area contributed by atoms with Crippen LogP contribution in [0.2, 0.25) is 0 Å². The minimum atomic E-state index is 0.932. The molecule has 124 valence electrons. The third-order valence-corrected chi connectivity index (χ3v) is 4.59. The molecule has 0 amide bonds. The van der Waals surface area contributed by atoms with Gasteiger partial charge in [-0.2, -0.15) is 0 Å². The van der Waals surface area contributed by atoms with Gasteiger partial charge in [0.15, 0.2) is 0 Å². The van der Waals surface area contributed by atoms with E-state index in [1.807, 2.05) is 0 Å². The lowest BCUT2D eigenvalue weighted by Gasteiger charge is -2.25. The first-order valence-electron chi connectivity index (χ1n) is 8.62. The topological polar surface area (TPSA) is 6.48 Å². The predicted octanol–water partition coefficient (Wildman–Crippen LogP) is 4.95. The maximum Gasteiger partial charge on any atom is 0.116 e. The van der Waals surface area contributed by atoms with Crippen LogP contribution in [0.3, 0.4) is 0 Å². The van der Waals surface area contributed by atoms with E-state index in [1.54, 1.807) is 0 Å². The minimum absolute atomic E-state index is 0.932. The van der Waals surface area contributed by atoms with E-state index in [0.29, 0.717) is 0 Å². The summed E-state index contributed by atoms with van der Waals surface area (Å²) in [5.41, 5.74) is 6.61. The van der Waals surface area contributed by atoms with Gasteiger partial charge in [-0.3, -0.25) is 0 Å². The van der Waals surface area contributed by atoms with Crippen molar-refractivity contribution in [1.82, 2.24) is 9.80 Å². The van der Waals surface area contributed by atoms with E-state index in [0.717, 1.165) is 13.0 Å². The molecule has 2 aromatic carbocycles. The summed E-state index contributed by atoms with van der Waals surface area (Å²) in [4.78, 5) is 4.55. The Morgan fingerprint density at radius 2 is 1.42 bits per heavy atom. The molecule has 2 nitrogen and oxygen atoms in total. The molecule has 1 aliphatic rings. The third kappa shape index (κ3) is 3.38. The van der Waals surface area contributed by atoms with Crippen molar-refractivity contribution in [3.8, 4) is 0 Å². The first-order chi connectivity index (χ1) is 11.6. The van der Waals surface area contributed by atoms with Gasteiger partial charge in [0, 0.05) is 38.0 Å². The molecule has 0 saturated heterocycles. The molecule has 0 aliphatic carbocycles. The Morgan fingerprint density at radius 1 is 0.833 bits per heavy atom. The van der Waals surface area contributed by atoms with Gasteiger partial charge in [-0.05, 0) is 31.9 Å². The van der Waals surface area contributed by atoms with Gasteiger partial charge in [0.05, 0.1) is 0 Å². The molecule has 0 N–H and O–H groups in total. The molecular weight excluding hydrogens is 292 g/mol. The van der Waals surface area contributed by atoms with Crippen LogP contribution in [0.25, 0.3) is 5.57 Å². The van der Waals surface area contributed by atoms with Crippen molar-refractivity contribution >= 4 is 5.57 Å². The summed E-state index contributed by atoms with van der Waals surface area (Å²) >= 11 is 0. The van der Waals surface area contributed by atoms with Gasteiger partial charge >= 0.3 is 0 Å². The lowest BCUT2D eigenvalue weighted by Crippen LogP contribution is -2.22. The third-order valence-electron chi connectivity index (χ3n) is 4.59. The molecule has 0 bridgehead atoms. The molecule has 0 radical (unpaired) electrons. The van der Waals surface area contributed by atoms with E-state index in [4.69, 9.17) is 0 Å². The summed E-state index contributed by atoms with van der Waals surface area (Å²) in [5.74, 6) is 1.28. The van der Waals surface area contributed by atoms with Gasteiger partial charge in [0.25, 0.3) is 0 Å². The maximum absolute atomic E-state index is 2.32. The fourth-order valence-corrected chi connectivity index (χ4v) is 3.14. The van der Waals surface area contributed by atoms with Crippen molar-refractivity contribution in [2.75, 3.05) is 13.6 Å². The normalized spacial score (nSPS) is 16.0. The fraction of sp³-hybridized carbons (Fsp3) is 0.273. The van der Waals surface area contributed by atoms with Crippen LogP contribution in [0.4, 0.5) is 0 Å².